The van der Waals surface area contributed by atoms with Crippen LogP contribution in [-0.4, -0.2) is 77.1 Å². The molecule has 2 aromatic heterocycles. The Morgan fingerprint density at radius 1 is 1.00 bits per heavy atom. The lowest BCUT2D eigenvalue weighted by atomic mass is 10.2. The van der Waals surface area contributed by atoms with E-state index < -0.39 is 17.2 Å². The van der Waals surface area contributed by atoms with E-state index in [0.717, 1.165) is 24.2 Å². The second kappa shape index (κ2) is 13.2. The molecule has 204 valence electrons. The van der Waals surface area contributed by atoms with Crippen molar-refractivity contribution in [2.24, 2.45) is 7.05 Å². The molecule has 37 heavy (non-hydrogen) atoms. The van der Waals surface area contributed by atoms with E-state index in [-0.39, 0.29) is 31.1 Å². The van der Waals surface area contributed by atoms with Crippen LogP contribution in [0.3, 0.4) is 0 Å². The zero-order valence-electron chi connectivity index (χ0n) is 21.9. The molecule has 2 heterocycles. The lowest BCUT2D eigenvalue weighted by Gasteiger charge is -2.18. The van der Waals surface area contributed by atoms with Crippen LogP contribution in [0.4, 0.5) is 0 Å². The molecule has 0 bridgehead atoms. The van der Waals surface area contributed by atoms with Crippen molar-refractivity contribution < 1.29 is 36.1 Å². The van der Waals surface area contributed by atoms with Crippen LogP contribution >= 0.6 is 0 Å². The summed E-state index contributed by atoms with van der Waals surface area (Å²) in [6.45, 7) is 6.93. The molecular formula is C24H33ClN5O7-. The van der Waals surface area contributed by atoms with Crippen molar-refractivity contribution in [1.82, 2.24) is 23.6 Å². The summed E-state index contributed by atoms with van der Waals surface area (Å²) in [6.07, 6.45) is 1.57. The molecule has 0 aliphatic heterocycles. The quantitative estimate of drug-likeness (QED) is 0.244. The van der Waals surface area contributed by atoms with Gasteiger partial charge in [-0.25, -0.2) is 14.6 Å². The molecule has 0 spiro atoms. The molecule has 0 unspecified atom stereocenters. The molecule has 0 radical (unpaired) electrons. The number of carbonyl (C=O) groups is 1. The Hall–Kier alpha value is -3.51. The Labute approximate surface area is 220 Å². The number of aromatic nitrogens is 4. The fourth-order valence-corrected chi connectivity index (χ4v) is 3.99. The highest BCUT2D eigenvalue weighted by atomic mass is 35.5. The van der Waals surface area contributed by atoms with Crippen molar-refractivity contribution in [3.05, 3.63) is 44.9 Å². The molecule has 0 amide bonds. The first-order valence-electron chi connectivity index (χ1n) is 11.6. The van der Waals surface area contributed by atoms with E-state index in [1.54, 1.807) is 17.9 Å². The van der Waals surface area contributed by atoms with Crippen LogP contribution in [0.25, 0.3) is 11.2 Å². The summed E-state index contributed by atoms with van der Waals surface area (Å²) in [5, 5.41) is 0. The monoisotopic (exact) mass is 538 g/mol. The number of esters is 1. The third-order valence-corrected chi connectivity index (χ3v) is 6.10. The summed E-state index contributed by atoms with van der Waals surface area (Å²) in [5.74, 6) is 0.289. The van der Waals surface area contributed by atoms with Gasteiger partial charge in [-0.15, -0.1) is 0 Å². The van der Waals surface area contributed by atoms with E-state index in [1.807, 2.05) is 0 Å². The number of methoxy groups -OCH3 is 3. The smallest absolute Gasteiger partial charge is 0.338 e. The van der Waals surface area contributed by atoms with Gasteiger partial charge >= 0.3 is 11.7 Å². The minimum atomic E-state index is -0.663. The SMILES string of the molecule is CCN(CC)CCn1cnc2c1c(=O)n(CCOC(=O)c1cc(OC)c(OC)c(OC)c1)c(=O)n2C.[Cl-]. The number of carbonyl (C=O) groups excluding carboxylic acids is 1. The lowest BCUT2D eigenvalue weighted by Crippen LogP contribution is -3.00. The van der Waals surface area contributed by atoms with Crippen molar-refractivity contribution in [2.75, 3.05) is 47.6 Å². The Morgan fingerprint density at radius 3 is 2.16 bits per heavy atom. The number of hydrogen-bond acceptors (Lipinski definition) is 9. The average molecular weight is 539 g/mol. The maximum Gasteiger partial charge on any atom is 0.338 e. The van der Waals surface area contributed by atoms with E-state index >= 15 is 0 Å². The highest BCUT2D eigenvalue weighted by Gasteiger charge is 2.19. The van der Waals surface area contributed by atoms with Crippen molar-refractivity contribution in [2.45, 2.75) is 26.9 Å². The van der Waals surface area contributed by atoms with Crippen molar-refractivity contribution in [3.63, 3.8) is 0 Å². The summed E-state index contributed by atoms with van der Waals surface area (Å²) in [7, 11) is 5.90. The van der Waals surface area contributed by atoms with Crippen molar-refractivity contribution >= 4 is 17.1 Å². The maximum atomic E-state index is 13.2. The zero-order chi connectivity index (χ0) is 26.4. The molecule has 0 saturated carbocycles. The molecule has 0 saturated heterocycles. The predicted octanol–water partition coefficient (Wildman–Crippen LogP) is -1.87. The number of rotatable bonds is 12. The zero-order valence-corrected chi connectivity index (χ0v) is 22.7. The number of aryl methyl sites for hydroxylation is 1. The molecule has 0 atom stereocenters. The van der Waals surface area contributed by atoms with E-state index in [1.165, 1.54) is 38.0 Å². The predicted molar refractivity (Wildman–Crippen MR) is 133 cm³/mol. The minimum Gasteiger partial charge on any atom is -1.00 e. The second-order valence-corrected chi connectivity index (χ2v) is 7.99. The Morgan fingerprint density at radius 2 is 1.62 bits per heavy atom. The fourth-order valence-electron chi connectivity index (χ4n) is 3.99. The fraction of sp³-hybridized carbons (Fsp3) is 0.500. The van der Waals surface area contributed by atoms with Gasteiger partial charge in [0.15, 0.2) is 22.7 Å². The van der Waals surface area contributed by atoms with Gasteiger partial charge < -0.3 is 40.8 Å². The molecule has 13 heteroatoms. The largest absolute Gasteiger partial charge is 1.00 e. The third kappa shape index (κ3) is 6.08. The Bertz CT molecular complexity index is 1320. The van der Waals surface area contributed by atoms with Crippen LogP contribution in [0.2, 0.25) is 0 Å². The van der Waals surface area contributed by atoms with Gasteiger partial charge in [0.1, 0.15) is 6.61 Å². The standard InChI is InChI=1S/C24H33N5O7.ClH/c1-7-27(8-2)9-10-28-15-25-21-19(28)22(30)29(24(32)26(21)3)11-12-36-23(31)16-13-17(33-4)20(35-6)18(14-16)34-5;/h13-15H,7-12H2,1-6H3;1H/p-1. The number of nitrogens with zero attached hydrogens (tertiary/aromatic N) is 5. The summed E-state index contributed by atoms with van der Waals surface area (Å²) >= 11 is 0. The molecule has 0 fully saturated rings. The first-order chi connectivity index (χ1) is 17.3. The van der Waals surface area contributed by atoms with Gasteiger partial charge in [-0.2, -0.15) is 0 Å². The summed E-state index contributed by atoms with van der Waals surface area (Å²) in [4.78, 5) is 45.3. The number of fused-ring (bicyclic) bond motifs is 1. The highest BCUT2D eigenvalue weighted by Crippen LogP contribution is 2.38. The van der Waals surface area contributed by atoms with Gasteiger partial charge in [0.05, 0.1) is 39.8 Å². The van der Waals surface area contributed by atoms with E-state index in [0.29, 0.717) is 35.0 Å². The van der Waals surface area contributed by atoms with Crippen LogP contribution in [0.5, 0.6) is 17.2 Å². The molecular weight excluding hydrogens is 506 g/mol. The number of ether oxygens (including phenoxy) is 4. The van der Waals surface area contributed by atoms with Gasteiger partial charge in [0.25, 0.3) is 5.56 Å². The topological polar surface area (TPSA) is 119 Å². The third-order valence-electron chi connectivity index (χ3n) is 6.10. The summed E-state index contributed by atoms with van der Waals surface area (Å²) in [5.41, 5.74) is -0.190. The first-order valence-corrected chi connectivity index (χ1v) is 11.6. The van der Waals surface area contributed by atoms with E-state index in [4.69, 9.17) is 18.9 Å². The van der Waals surface area contributed by atoms with Gasteiger partial charge in [0.2, 0.25) is 5.75 Å². The molecule has 1 aromatic carbocycles. The average Bonchev–Trinajstić information content (AvgIpc) is 3.33. The number of imidazole rings is 1. The van der Waals surface area contributed by atoms with Gasteiger partial charge in [-0.1, -0.05) is 13.8 Å². The lowest BCUT2D eigenvalue weighted by molar-refractivity contribution is -0.0000267. The van der Waals surface area contributed by atoms with Crippen molar-refractivity contribution in [3.8, 4) is 17.2 Å². The second-order valence-electron chi connectivity index (χ2n) is 7.99. The molecule has 0 aliphatic carbocycles. The molecule has 0 aliphatic rings. The van der Waals surface area contributed by atoms with Crippen LogP contribution in [0, 0.1) is 0 Å². The van der Waals surface area contributed by atoms with Gasteiger partial charge in [0, 0.05) is 20.1 Å². The van der Waals surface area contributed by atoms with Gasteiger partial charge in [-0.05, 0) is 25.2 Å². The number of hydrogen-bond donors (Lipinski definition) is 0. The summed E-state index contributed by atoms with van der Waals surface area (Å²) in [6, 6.07) is 2.94. The van der Waals surface area contributed by atoms with Crippen molar-refractivity contribution in [1.29, 1.82) is 0 Å². The normalized spacial score (nSPS) is 10.9. The van der Waals surface area contributed by atoms with E-state index in [2.05, 4.69) is 23.7 Å². The maximum absolute atomic E-state index is 13.2. The van der Waals surface area contributed by atoms with Crippen LogP contribution in [-0.2, 0) is 24.9 Å². The summed E-state index contributed by atoms with van der Waals surface area (Å²) < 4.78 is 25.3. The number of likely N-dealkylation sites (N-methyl/N-ethyl adjacent to an activating group) is 1. The molecule has 3 aromatic rings. The Kier molecular flexibility index (Phi) is 10.6. The van der Waals surface area contributed by atoms with Gasteiger partial charge in [-0.3, -0.25) is 13.9 Å². The minimum absolute atomic E-state index is 0. The molecule has 12 nitrogen and oxygen atoms in total. The van der Waals surface area contributed by atoms with Crippen LogP contribution in [0.15, 0.2) is 28.0 Å². The molecule has 0 N–H and O–H groups in total. The van der Waals surface area contributed by atoms with Crippen LogP contribution < -0.4 is 37.9 Å². The molecule has 3 rings (SSSR count). The highest BCUT2D eigenvalue weighted by molar-refractivity contribution is 5.91. The number of halogens is 1. The Balaban J connectivity index is 0.00000481. The van der Waals surface area contributed by atoms with Crippen LogP contribution in [0.1, 0.15) is 24.2 Å². The number of benzene rings is 1. The first kappa shape index (κ1) is 29.7. The van der Waals surface area contributed by atoms with E-state index in [9.17, 15) is 14.4 Å².